The van der Waals surface area contributed by atoms with Crippen LogP contribution in [0.25, 0.3) is 0 Å². The Hall–Kier alpha value is -2.42. The van der Waals surface area contributed by atoms with Crippen LogP contribution in [0.1, 0.15) is 12.1 Å². The Kier molecular flexibility index (Phi) is 6.89. The number of hydrogen-bond donors (Lipinski definition) is 1. The number of rotatable bonds is 7. The summed E-state index contributed by atoms with van der Waals surface area (Å²) in [5.41, 5.74) is 0.375. The van der Waals surface area contributed by atoms with E-state index in [4.69, 9.17) is 9.47 Å². The van der Waals surface area contributed by atoms with E-state index in [2.05, 4.69) is 27.9 Å². The number of morpholine rings is 1. The van der Waals surface area contributed by atoms with Crippen LogP contribution >= 0.6 is 0 Å². The fourth-order valence-electron chi connectivity index (χ4n) is 4.20. The molecule has 0 unspecified atom stereocenters. The van der Waals surface area contributed by atoms with Gasteiger partial charge in [0.25, 0.3) is 0 Å². The second kappa shape index (κ2) is 9.80. The van der Waals surface area contributed by atoms with Gasteiger partial charge in [0.15, 0.2) is 0 Å². The van der Waals surface area contributed by atoms with Crippen LogP contribution in [0, 0.1) is 5.82 Å². The van der Waals surface area contributed by atoms with E-state index in [1.54, 1.807) is 12.1 Å². The van der Waals surface area contributed by atoms with Gasteiger partial charge < -0.3 is 24.3 Å². The van der Waals surface area contributed by atoms with Crippen molar-refractivity contribution in [1.82, 2.24) is 19.7 Å². The highest BCUT2D eigenvalue weighted by Crippen LogP contribution is 2.26. The highest BCUT2D eigenvalue weighted by molar-refractivity contribution is 5.77. The third-order valence-electron chi connectivity index (χ3n) is 6.03. The van der Waals surface area contributed by atoms with E-state index in [-0.39, 0.29) is 24.8 Å². The molecule has 2 saturated heterocycles. The second-order valence-corrected chi connectivity index (χ2v) is 8.54. The maximum absolute atomic E-state index is 13.3. The molecule has 0 radical (unpaired) electrons. The number of ether oxygens (including phenoxy) is 2. The molecule has 0 aliphatic carbocycles. The van der Waals surface area contributed by atoms with E-state index in [1.165, 1.54) is 12.1 Å². The molecule has 2 fully saturated rings. The van der Waals surface area contributed by atoms with E-state index in [0.717, 1.165) is 45.0 Å². The van der Waals surface area contributed by atoms with Crippen LogP contribution in [-0.2, 0) is 16.1 Å². The summed E-state index contributed by atoms with van der Waals surface area (Å²) in [6.45, 7) is 6.13. The van der Waals surface area contributed by atoms with Crippen molar-refractivity contribution in [2.45, 2.75) is 18.6 Å². The number of halogens is 1. The number of aromatic nitrogens is 1. The van der Waals surface area contributed by atoms with Crippen molar-refractivity contribution in [2.75, 3.05) is 59.5 Å². The maximum Gasteiger partial charge on any atom is 0.225 e. The first-order valence-corrected chi connectivity index (χ1v) is 10.8. The van der Waals surface area contributed by atoms with Crippen LogP contribution in [0.4, 0.5) is 4.39 Å². The molecule has 1 N–H and O–H groups in total. The van der Waals surface area contributed by atoms with Gasteiger partial charge in [0.05, 0.1) is 13.0 Å². The number of benzene rings is 1. The van der Waals surface area contributed by atoms with Crippen LogP contribution in [0.2, 0.25) is 0 Å². The second-order valence-electron chi connectivity index (χ2n) is 8.54. The largest absolute Gasteiger partial charge is 0.491 e. The average Bonchev–Trinajstić information content (AvgIpc) is 3.27. The van der Waals surface area contributed by atoms with Gasteiger partial charge in [-0.25, -0.2) is 4.39 Å². The predicted molar refractivity (Wildman–Crippen MR) is 115 cm³/mol. The molecule has 8 heteroatoms. The first-order valence-electron chi connectivity index (χ1n) is 10.8. The summed E-state index contributed by atoms with van der Waals surface area (Å²) in [4.78, 5) is 22.8. The minimum atomic E-state index is -0.750. The van der Waals surface area contributed by atoms with Gasteiger partial charge in [-0.15, -0.1) is 0 Å². The summed E-state index contributed by atoms with van der Waals surface area (Å²) < 4.78 is 25.5. The highest BCUT2D eigenvalue weighted by Gasteiger charge is 2.41. The Morgan fingerprint density at radius 3 is 2.65 bits per heavy atom. The Balaban J connectivity index is 1.46. The van der Waals surface area contributed by atoms with Crippen LogP contribution in [0.5, 0.6) is 5.75 Å². The first kappa shape index (κ1) is 21.8. The molecule has 0 spiro atoms. The van der Waals surface area contributed by atoms with E-state index < -0.39 is 5.60 Å². The van der Waals surface area contributed by atoms with E-state index in [9.17, 15) is 9.18 Å². The number of piperazine rings is 1. The Bertz CT molecular complexity index is 837. The van der Waals surface area contributed by atoms with Crippen LogP contribution in [0.3, 0.4) is 0 Å². The van der Waals surface area contributed by atoms with Crippen molar-refractivity contribution >= 4 is 5.91 Å². The van der Waals surface area contributed by atoms with Gasteiger partial charge in [-0.05, 0) is 43.4 Å². The molecule has 0 bridgehead atoms. The summed E-state index contributed by atoms with van der Waals surface area (Å²) in [6, 6.07) is 9.99. The molecule has 168 valence electrons. The molecule has 1 atom stereocenters. The molecule has 1 aromatic heterocycles. The zero-order valence-electron chi connectivity index (χ0n) is 18.1. The fourth-order valence-corrected chi connectivity index (χ4v) is 4.20. The minimum absolute atomic E-state index is 0.0949. The van der Waals surface area contributed by atoms with E-state index in [1.807, 2.05) is 17.2 Å². The van der Waals surface area contributed by atoms with Crippen molar-refractivity contribution in [1.29, 1.82) is 0 Å². The molecule has 31 heavy (non-hydrogen) atoms. The summed E-state index contributed by atoms with van der Waals surface area (Å²) in [6.07, 6.45) is 2.18. The van der Waals surface area contributed by atoms with Gasteiger partial charge in [-0.2, -0.15) is 0 Å². The molecule has 2 aromatic rings. The zero-order valence-corrected chi connectivity index (χ0v) is 18.1. The molecule has 3 heterocycles. The van der Waals surface area contributed by atoms with Crippen molar-refractivity contribution in [3.8, 4) is 5.75 Å². The lowest BCUT2D eigenvalue weighted by Crippen LogP contribution is -2.58. The topological polar surface area (TPSA) is 61.0 Å². The Morgan fingerprint density at radius 1 is 1.16 bits per heavy atom. The first-order chi connectivity index (χ1) is 15.0. The van der Waals surface area contributed by atoms with Crippen molar-refractivity contribution in [3.63, 3.8) is 0 Å². The third kappa shape index (κ3) is 5.84. The molecule has 2 aliphatic rings. The van der Waals surface area contributed by atoms with Crippen LogP contribution in [0.15, 0.2) is 42.6 Å². The zero-order chi connectivity index (χ0) is 21.7. The number of amides is 1. The molecular weight excluding hydrogens is 399 g/mol. The number of H-pyrrole nitrogens is 1. The van der Waals surface area contributed by atoms with Crippen molar-refractivity contribution in [2.24, 2.45) is 0 Å². The maximum atomic E-state index is 13.3. The van der Waals surface area contributed by atoms with E-state index in [0.29, 0.717) is 18.9 Å². The normalized spacial score (nSPS) is 23.1. The summed E-state index contributed by atoms with van der Waals surface area (Å²) >= 11 is 0. The molecule has 4 rings (SSSR count). The summed E-state index contributed by atoms with van der Waals surface area (Å²) in [5.74, 6) is 0.355. The van der Waals surface area contributed by atoms with Crippen molar-refractivity contribution < 1.29 is 18.7 Å². The van der Waals surface area contributed by atoms with Gasteiger partial charge in [0.2, 0.25) is 5.91 Å². The highest BCUT2D eigenvalue weighted by atomic mass is 19.1. The number of likely N-dealkylation sites (N-methyl/N-ethyl adjacent to an activating group) is 1. The molecule has 0 saturated carbocycles. The molecule has 1 amide bonds. The Labute approximate surface area is 182 Å². The Morgan fingerprint density at radius 2 is 1.94 bits per heavy atom. The SMILES string of the molecule is CN1CCN(C(=O)C[C@]2(COc3ccc(F)cc3)CN(Cc3ccc[nH]3)CCO2)CC1. The van der Waals surface area contributed by atoms with Gasteiger partial charge in [0, 0.05) is 57.7 Å². The van der Waals surface area contributed by atoms with Gasteiger partial charge in [0.1, 0.15) is 23.8 Å². The number of carbonyl (C=O) groups is 1. The molecule has 7 nitrogen and oxygen atoms in total. The summed E-state index contributed by atoms with van der Waals surface area (Å²) in [5, 5.41) is 0. The summed E-state index contributed by atoms with van der Waals surface area (Å²) in [7, 11) is 2.07. The number of aromatic amines is 1. The minimum Gasteiger partial charge on any atom is -0.491 e. The van der Waals surface area contributed by atoms with Crippen molar-refractivity contribution in [3.05, 3.63) is 54.1 Å². The molecule has 1 aromatic carbocycles. The molecular formula is C23H31FN4O3. The molecule has 2 aliphatic heterocycles. The van der Waals surface area contributed by atoms with Gasteiger partial charge in [-0.1, -0.05) is 0 Å². The van der Waals surface area contributed by atoms with Crippen LogP contribution < -0.4 is 4.74 Å². The third-order valence-corrected chi connectivity index (χ3v) is 6.03. The number of carbonyl (C=O) groups excluding carboxylic acids is 1. The number of hydrogen-bond acceptors (Lipinski definition) is 5. The number of nitrogens with one attached hydrogen (secondary N) is 1. The fraction of sp³-hybridized carbons (Fsp3) is 0.522. The van der Waals surface area contributed by atoms with E-state index >= 15 is 0 Å². The quantitative estimate of drug-likeness (QED) is 0.728. The smallest absolute Gasteiger partial charge is 0.225 e. The van der Waals surface area contributed by atoms with Gasteiger partial charge >= 0.3 is 0 Å². The average molecular weight is 431 g/mol. The number of nitrogens with zero attached hydrogens (tertiary/aromatic N) is 3. The lowest BCUT2D eigenvalue weighted by molar-refractivity contribution is -0.158. The lowest BCUT2D eigenvalue weighted by atomic mass is 9.96. The monoisotopic (exact) mass is 430 g/mol. The lowest BCUT2D eigenvalue weighted by Gasteiger charge is -2.43. The van der Waals surface area contributed by atoms with Crippen LogP contribution in [-0.4, -0.2) is 90.7 Å². The van der Waals surface area contributed by atoms with Gasteiger partial charge in [-0.3, -0.25) is 9.69 Å². The standard InChI is InChI=1S/C23H31FN4O3/c1-26-9-11-28(12-10-26)22(29)15-23(18-30-21-6-4-19(24)5-7-21)17-27(13-14-31-23)16-20-3-2-8-25-20/h2-8,25H,9-18H2,1H3/t23-/m1/s1. The predicted octanol–water partition coefficient (Wildman–Crippen LogP) is 1.97.